The molecule has 0 radical (unpaired) electrons. The predicted octanol–water partition coefficient (Wildman–Crippen LogP) is 0.622. The monoisotopic (exact) mass is 261 g/mol. The number of rotatable bonds is 3. The van der Waals surface area contributed by atoms with Gasteiger partial charge in [0.15, 0.2) is 0 Å². The van der Waals surface area contributed by atoms with Crippen LogP contribution in [-0.4, -0.2) is 34.1 Å². The van der Waals surface area contributed by atoms with Crippen molar-refractivity contribution in [3.63, 3.8) is 0 Å². The predicted molar refractivity (Wildman–Crippen MR) is 67.8 cm³/mol. The summed E-state index contributed by atoms with van der Waals surface area (Å²) in [4.78, 5) is 28.5. The molecule has 3 N–H and O–H groups in total. The number of primary amides is 1. The summed E-state index contributed by atoms with van der Waals surface area (Å²) in [5, 5.41) is 9.21. The Balaban J connectivity index is 1.87. The van der Waals surface area contributed by atoms with Crippen molar-refractivity contribution in [3.05, 3.63) is 23.9 Å². The summed E-state index contributed by atoms with van der Waals surface area (Å²) in [6.07, 6.45) is 4.03. The molecule has 0 aromatic carbocycles. The van der Waals surface area contributed by atoms with Gasteiger partial charge in [0, 0.05) is 18.3 Å². The average molecular weight is 261 g/mol. The van der Waals surface area contributed by atoms with Crippen molar-refractivity contribution >= 4 is 17.7 Å². The second kappa shape index (κ2) is 4.22. The van der Waals surface area contributed by atoms with Gasteiger partial charge in [-0.05, 0) is 31.4 Å². The smallest absolute Gasteiger partial charge is 0.308 e. The molecule has 0 saturated carbocycles. The first-order valence-corrected chi connectivity index (χ1v) is 6.35. The first-order chi connectivity index (χ1) is 9.08. The Morgan fingerprint density at radius 2 is 2.16 bits per heavy atom. The number of fused-ring (bicyclic) bond motifs is 2. The van der Waals surface area contributed by atoms with Gasteiger partial charge in [-0.2, -0.15) is 0 Å². The maximum Gasteiger partial charge on any atom is 0.308 e. The topological polar surface area (TPSA) is 96.5 Å². The zero-order valence-electron chi connectivity index (χ0n) is 10.3. The van der Waals surface area contributed by atoms with Crippen molar-refractivity contribution in [2.75, 3.05) is 4.90 Å². The molecule has 2 bridgehead atoms. The van der Waals surface area contributed by atoms with Crippen LogP contribution in [0.4, 0.5) is 5.82 Å². The van der Waals surface area contributed by atoms with Crippen LogP contribution < -0.4 is 10.6 Å². The fraction of sp³-hybridized carbons (Fsp3) is 0.462. The molecule has 2 fully saturated rings. The SMILES string of the molecule is NC(=O)c1ccc(N2C3CCC2C(C(=O)O)C3)nc1. The highest BCUT2D eigenvalue weighted by molar-refractivity contribution is 5.92. The summed E-state index contributed by atoms with van der Waals surface area (Å²) in [6, 6.07) is 3.65. The molecule has 1 aromatic heterocycles. The van der Waals surface area contributed by atoms with E-state index in [2.05, 4.69) is 9.88 Å². The molecule has 6 nitrogen and oxygen atoms in total. The van der Waals surface area contributed by atoms with Gasteiger partial charge in [-0.15, -0.1) is 0 Å². The number of nitrogens with zero attached hydrogens (tertiary/aromatic N) is 2. The maximum atomic E-state index is 11.2. The molecule has 2 aliphatic rings. The Morgan fingerprint density at radius 1 is 1.37 bits per heavy atom. The van der Waals surface area contributed by atoms with E-state index in [0.29, 0.717) is 12.0 Å². The second-order valence-corrected chi connectivity index (χ2v) is 5.16. The Hall–Kier alpha value is -2.11. The largest absolute Gasteiger partial charge is 0.481 e. The summed E-state index contributed by atoms with van der Waals surface area (Å²) in [5.74, 6) is -0.810. The molecule has 0 spiro atoms. The number of hydrogen-bond donors (Lipinski definition) is 2. The third kappa shape index (κ3) is 1.83. The number of hydrogen-bond acceptors (Lipinski definition) is 4. The summed E-state index contributed by atoms with van der Waals surface area (Å²) in [7, 11) is 0. The van der Waals surface area contributed by atoms with Crippen LogP contribution in [0.5, 0.6) is 0 Å². The molecular weight excluding hydrogens is 246 g/mol. The van der Waals surface area contributed by atoms with E-state index in [4.69, 9.17) is 5.73 Å². The highest BCUT2D eigenvalue weighted by Gasteiger charge is 2.49. The fourth-order valence-corrected chi connectivity index (χ4v) is 3.30. The third-order valence-corrected chi connectivity index (χ3v) is 4.15. The van der Waals surface area contributed by atoms with Crippen molar-refractivity contribution in [3.8, 4) is 0 Å². The number of amides is 1. The van der Waals surface area contributed by atoms with E-state index in [1.165, 1.54) is 6.20 Å². The van der Waals surface area contributed by atoms with Gasteiger partial charge >= 0.3 is 5.97 Å². The number of aromatic nitrogens is 1. The van der Waals surface area contributed by atoms with Crippen molar-refractivity contribution in [2.24, 2.45) is 11.7 Å². The molecular formula is C13H15N3O3. The van der Waals surface area contributed by atoms with Crippen LogP contribution >= 0.6 is 0 Å². The number of nitrogens with two attached hydrogens (primary N) is 1. The van der Waals surface area contributed by atoms with E-state index in [0.717, 1.165) is 18.7 Å². The highest BCUT2D eigenvalue weighted by atomic mass is 16.4. The lowest BCUT2D eigenvalue weighted by atomic mass is 9.89. The highest BCUT2D eigenvalue weighted by Crippen LogP contribution is 2.43. The van der Waals surface area contributed by atoms with E-state index in [-0.39, 0.29) is 18.0 Å². The maximum absolute atomic E-state index is 11.2. The molecule has 6 heteroatoms. The number of anilines is 1. The van der Waals surface area contributed by atoms with Crippen molar-refractivity contribution in [1.29, 1.82) is 0 Å². The zero-order chi connectivity index (χ0) is 13.6. The van der Waals surface area contributed by atoms with Gasteiger partial charge in [0.1, 0.15) is 5.82 Å². The summed E-state index contributed by atoms with van der Waals surface area (Å²) < 4.78 is 0. The summed E-state index contributed by atoms with van der Waals surface area (Å²) in [5.41, 5.74) is 5.54. The van der Waals surface area contributed by atoms with E-state index in [9.17, 15) is 14.7 Å². The van der Waals surface area contributed by atoms with Crippen molar-refractivity contribution in [2.45, 2.75) is 31.3 Å². The summed E-state index contributed by atoms with van der Waals surface area (Å²) >= 11 is 0. The van der Waals surface area contributed by atoms with Gasteiger partial charge in [0.05, 0.1) is 11.5 Å². The second-order valence-electron chi connectivity index (χ2n) is 5.16. The minimum absolute atomic E-state index is 0.0226. The van der Waals surface area contributed by atoms with Gasteiger partial charge in [-0.1, -0.05) is 0 Å². The number of carboxylic acids is 1. The van der Waals surface area contributed by atoms with Crippen LogP contribution in [0.3, 0.4) is 0 Å². The van der Waals surface area contributed by atoms with Gasteiger partial charge in [0.25, 0.3) is 0 Å². The molecule has 3 rings (SSSR count). The van der Waals surface area contributed by atoms with Crippen LogP contribution in [0, 0.1) is 5.92 Å². The zero-order valence-corrected chi connectivity index (χ0v) is 10.3. The van der Waals surface area contributed by atoms with Gasteiger partial charge in [-0.3, -0.25) is 9.59 Å². The number of carbonyl (C=O) groups excluding carboxylic acids is 1. The molecule has 0 aliphatic carbocycles. The van der Waals surface area contributed by atoms with Gasteiger partial charge in [-0.25, -0.2) is 4.98 Å². The molecule has 100 valence electrons. The Labute approximate surface area is 110 Å². The average Bonchev–Trinajstić information content (AvgIpc) is 2.96. The van der Waals surface area contributed by atoms with Crippen LogP contribution in [-0.2, 0) is 4.79 Å². The van der Waals surface area contributed by atoms with Gasteiger partial charge < -0.3 is 15.7 Å². The molecule has 2 saturated heterocycles. The Kier molecular flexibility index (Phi) is 2.66. The lowest BCUT2D eigenvalue weighted by Crippen LogP contribution is -2.33. The number of carbonyl (C=O) groups is 2. The first kappa shape index (κ1) is 12.0. The molecule has 3 heterocycles. The van der Waals surface area contributed by atoms with Gasteiger partial charge in [0.2, 0.25) is 5.91 Å². The minimum atomic E-state index is -0.731. The van der Waals surface area contributed by atoms with E-state index in [1.807, 2.05) is 0 Å². The lowest BCUT2D eigenvalue weighted by Gasteiger charge is -2.24. The van der Waals surface area contributed by atoms with Crippen LogP contribution in [0.2, 0.25) is 0 Å². The molecule has 2 aliphatic heterocycles. The third-order valence-electron chi connectivity index (χ3n) is 4.15. The summed E-state index contributed by atoms with van der Waals surface area (Å²) in [6.45, 7) is 0. The van der Waals surface area contributed by atoms with E-state index < -0.39 is 11.9 Å². The fourth-order valence-electron chi connectivity index (χ4n) is 3.30. The number of pyridine rings is 1. The molecule has 3 atom stereocenters. The van der Waals surface area contributed by atoms with Crippen LogP contribution in [0.15, 0.2) is 18.3 Å². The normalized spacial score (nSPS) is 28.6. The standard InChI is InChI=1S/C13H15N3O3/c14-12(17)7-1-4-11(15-6-7)16-8-2-3-10(16)9(5-8)13(18)19/h1,4,6,8-10H,2-3,5H2,(H2,14,17)(H,18,19). The van der Waals surface area contributed by atoms with E-state index >= 15 is 0 Å². The lowest BCUT2D eigenvalue weighted by molar-refractivity contribution is -0.142. The Morgan fingerprint density at radius 3 is 2.68 bits per heavy atom. The van der Waals surface area contributed by atoms with Crippen molar-refractivity contribution < 1.29 is 14.7 Å². The van der Waals surface area contributed by atoms with E-state index in [1.54, 1.807) is 12.1 Å². The molecule has 3 unspecified atom stereocenters. The molecule has 1 aromatic rings. The number of carboxylic acid groups (broad SMARTS) is 1. The quantitative estimate of drug-likeness (QED) is 0.831. The first-order valence-electron chi connectivity index (χ1n) is 6.35. The van der Waals surface area contributed by atoms with Crippen molar-refractivity contribution in [1.82, 2.24) is 4.98 Å². The van der Waals surface area contributed by atoms with Crippen LogP contribution in [0.1, 0.15) is 29.6 Å². The number of aliphatic carboxylic acids is 1. The minimum Gasteiger partial charge on any atom is -0.481 e. The Bertz CT molecular complexity index is 528. The van der Waals surface area contributed by atoms with Crippen LogP contribution in [0.25, 0.3) is 0 Å². The molecule has 19 heavy (non-hydrogen) atoms. The molecule has 1 amide bonds.